The highest BCUT2D eigenvalue weighted by molar-refractivity contribution is 6.35. The van der Waals surface area contributed by atoms with E-state index in [9.17, 15) is 14.4 Å². The lowest BCUT2D eigenvalue weighted by Gasteiger charge is -2.11. The average molecular weight is 471 g/mol. The molecule has 10 heteroatoms. The van der Waals surface area contributed by atoms with Gasteiger partial charge in [0.05, 0.1) is 13.3 Å². The van der Waals surface area contributed by atoms with Crippen LogP contribution in [0.3, 0.4) is 0 Å². The van der Waals surface area contributed by atoms with Gasteiger partial charge in [0.25, 0.3) is 5.91 Å². The van der Waals surface area contributed by atoms with Gasteiger partial charge in [-0.15, -0.1) is 0 Å². The molecule has 0 aliphatic carbocycles. The van der Waals surface area contributed by atoms with Crippen LogP contribution in [0.1, 0.15) is 24.5 Å². The molecule has 0 spiro atoms. The van der Waals surface area contributed by atoms with E-state index >= 15 is 0 Å². The van der Waals surface area contributed by atoms with Crippen molar-refractivity contribution in [1.82, 2.24) is 10.7 Å². The number of hydrazone groups is 1. The van der Waals surface area contributed by atoms with Gasteiger partial charge in [-0.25, -0.2) is 5.43 Å². The monoisotopic (exact) mass is 470 g/mol. The highest BCUT2D eigenvalue weighted by atomic mass is 16.5. The maximum Gasteiger partial charge on any atom is 0.329 e. The van der Waals surface area contributed by atoms with Crippen LogP contribution in [-0.4, -0.2) is 57.9 Å². The minimum atomic E-state index is -0.879. The van der Waals surface area contributed by atoms with Gasteiger partial charge in [-0.3, -0.25) is 14.4 Å². The molecular weight excluding hydrogens is 440 g/mol. The summed E-state index contributed by atoms with van der Waals surface area (Å²) in [5.41, 5.74) is 4.62. The van der Waals surface area contributed by atoms with Crippen LogP contribution < -0.4 is 25.5 Å². The molecular formula is C24H30N4O6. The Labute approximate surface area is 198 Å². The predicted octanol–water partition coefficient (Wildman–Crippen LogP) is 1.88. The van der Waals surface area contributed by atoms with Crippen LogP contribution in [0.4, 0.5) is 5.69 Å². The van der Waals surface area contributed by atoms with Crippen LogP contribution >= 0.6 is 0 Å². The van der Waals surface area contributed by atoms with Crippen molar-refractivity contribution in [2.45, 2.75) is 19.8 Å². The summed E-state index contributed by atoms with van der Waals surface area (Å²) in [4.78, 5) is 35.6. The minimum Gasteiger partial charge on any atom is -0.493 e. The first-order chi connectivity index (χ1) is 16.5. The summed E-state index contributed by atoms with van der Waals surface area (Å²) in [5, 5.41) is 9.01. The average Bonchev–Trinajstić information content (AvgIpc) is 2.85. The number of carbonyl (C=O) groups excluding carboxylic acids is 3. The molecule has 0 saturated heterocycles. The quantitative estimate of drug-likeness (QED) is 0.188. The third kappa shape index (κ3) is 8.91. The second-order valence-electron chi connectivity index (χ2n) is 7.10. The fourth-order valence-electron chi connectivity index (χ4n) is 2.76. The zero-order valence-electron chi connectivity index (χ0n) is 19.6. The lowest BCUT2D eigenvalue weighted by atomic mass is 10.1. The molecule has 3 N–H and O–H groups in total. The first-order valence-corrected chi connectivity index (χ1v) is 10.8. The predicted molar refractivity (Wildman–Crippen MR) is 128 cm³/mol. The summed E-state index contributed by atoms with van der Waals surface area (Å²) in [6.45, 7) is 2.67. The first kappa shape index (κ1) is 26.3. The van der Waals surface area contributed by atoms with E-state index in [1.54, 1.807) is 25.3 Å². The second-order valence-corrected chi connectivity index (χ2v) is 7.10. The Bertz CT molecular complexity index is 991. The maximum atomic E-state index is 12.2. The van der Waals surface area contributed by atoms with Crippen LogP contribution in [0.5, 0.6) is 11.5 Å². The van der Waals surface area contributed by atoms with E-state index in [1.807, 2.05) is 24.3 Å². The number of carbonyl (C=O) groups is 3. The van der Waals surface area contributed by atoms with Crippen molar-refractivity contribution in [3.63, 3.8) is 0 Å². The molecule has 3 amide bonds. The van der Waals surface area contributed by atoms with Crippen molar-refractivity contribution in [3.05, 3.63) is 53.6 Å². The molecule has 2 rings (SSSR count). The van der Waals surface area contributed by atoms with Gasteiger partial charge in [-0.1, -0.05) is 19.1 Å². The molecule has 34 heavy (non-hydrogen) atoms. The van der Waals surface area contributed by atoms with Crippen molar-refractivity contribution in [3.8, 4) is 11.5 Å². The maximum absolute atomic E-state index is 12.2. The van der Waals surface area contributed by atoms with Crippen molar-refractivity contribution in [1.29, 1.82) is 0 Å². The minimum absolute atomic E-state index is 0.200. The fourth-order valence-corrected chi connectivity index (χ4v) is 2.76. The Kier molecular flexibility index (Phi) is 11.1. The van der Waals surface area contributed by atoms with Crippen molar-refractivity contribution in [2.75, 3.05) is 39.3 Å². The smallest absolute Gasteiger partial charge is 0.329 e. The summed E-state index contributed by atoms with van der Waals surface area (Å²) < 4.78 is 15.8. The van der Waals surface area contributed by atoms with Gasteiger partial charge in [-0.2, -0.15) is 5.10 Å². The second kappa shape index (κ2) is 14.3. The molecule has 10 nitrogen and oxygen atoms in total. The SMILES string of the molecule is CCc1ccc(NC(=O)COc2ccc(C=NNC(=O)C(=O)NCCCOC)cc2OC)cc1. The number of benzene rings is 2. The largest absolute Gasteiger partial charge is 0.493 e. The van der Waals surface area contributed by atoms with Crippen molar-refractivity contribution >= 4 is 29.6 Å². The highest BCUT2D eigenvalue weighted by Gasteiger charge is 2.12. The van der Waals surface area contributed by atoms with Crippen LogP contribution in [0.2, 0.25) is 0 Å². The third-order valence-corrected chi connectivity index (χ3v) is 4.59. The molecule has 0 atom stereocenters. The van der Waals surface area contributed by atoms with Crippen LogP contribution in [0.15, 0.2) is 47.6 Å². The summed E-state index contributed by atoms with van der Waals surface area (Å²) in [6, 6.07) is 12.5. The van der Waals surface area contributed by atoms with Crippen LogP contribution in [0.25, 0.3) is 0 Å². The van der Waals surface area contributed by atoms with Gasteiger partial charge in [0.1, 0.15) is 0 Å². The van der Waals surface area contributed by atoms with Crippen LogP contribution in [-0.2, 0) is 25.5 Å². The number of nitrogens with zero attached hydrogens (tertiary/aromatic N) is 1. The molecule has 2 aromatic carbocycles. The molecule has 0 bridgehead atoms. The number of anilines is 1. The van der Waals surface area contributed by atoms with Gasteiger partial charge in [-0.05, 0) is 54.3 Å². The first-order valence-electron chi connectivity index (χ1n) is 10.8. The van der Waals surface area contributed by atoms with E-state index in [1.165, 1.54) is 18.9 Å². The number of methoxy groups -OCH3 is 2. The molecule has 0 aromatic heterocycles. The fraction of sp³-hybridized carbons (Fsp3) is 0.333. The Hall–Kier alpha value is -3.92. The molecule has 0 saturated carbocycles. The van der Waals surface area contributed by atoms with Gasteiger partial charge in [0.15, 0.2) is 18.1 Å². The Morgan fingerprint density at radius 3 is 2.44 bits per heavy atom. The number of ether oxygens (including phenoxy) is 3. The lowest BCUT2D eigenvalue weighted by Crippen LogP contribution is -2.38. The molecule has 182 valence electrons. The van der Waals surface area contributed by atoms with Gasteiger partial charge >= 0.3 is 11.8 Å². The van der Waals surface area contributed by atoms with E-state index in [2.05, 4.69) is 28.1 Å². The van der Waals surface area contributed by atoms with E-state index in [-0.39, 0.29) is 12.5 Å². The van der Waals surface area contributed by atoms with Gasteiger partial charge in [0, 0.05) is 25.9 Å². The molecule has 0 unspecified atom stereocenters. The number of hydrogen-bond donors (Lipinski definition) is 3. The summed E-state index contributed by atoms with van der Waals surface area (Å²) in [6.07, 6.45) is 2.88. The molecule has 0 fully saturated rings. The van der Waals surface area contributed by atoms with Gasteiger partial charge < -0.3 is 24.8 Å². The van der Waals surface area contributed by atoms with Crippen molar-refractivity contribution < 1.29 is 28.6 Å². The summed E-state index contributed by atoms with van der Waals surface area (Å²) in [7, 11) is 3.02. The Balaban J connectivity index is 1.85. The number of aryl methyl sites for hydroxylation is 1. The molecule has 0 radical (unpaired) electrons. The lowest BCUT2D eigenvalue weighted by molar-refractivity contribution is -0.139. The van der Waals surface area contributed by atoms with Crippen molar-refractivity contribution in [2.24, 2.45) is 5.10 Å². The third-order valence-electron chi connectivity index (χ3n) is 4.59. The highest BCUT2D eigenvalue weighted by Crippen LogP contribution is 2.27. The van der Waals surface area contributed by atoms with E-state index in [4.69, 9.17) is 14.2 Å². The summed E-state index contributed by atoms with van der Waals surface area (Å²) >= 11 is 0. The topological polar surface area (TPSA) is 127 Å². The normalized spacial score (nSPS) is 10.6. The molecule has 0 heterocycles. The molecule has 2 aromatic rings. The van der Waals surface area contributed by atoms with E-state index in [0.29, 0.717) is 42.3 Å². The zero-order valence-corrected chi connectivity index (χ0v) is 19.6. The number of amides is 3. The number of rotatable bonds is 12. The van der Waals surface area contributed by atoms with Gasteiger partial charge in [0.2, 0.25) is 0 Å². The number of hydrogen-bond acceptors (Lipinski definition) is 7. The Morgan fingerprint density at radius 1 is 1.00 bits per heavy atom. The zero-order chi connectivity index (χ0) is 24.8. The van der Waals surface area contributed by atoms with E-state index in [0.717, 1.165) is 6.42 Å². The Morgan fingerprint density at radius 2 is 1.76 bits per heavy atom. The molecule has 0 aliphatic rings. The molecule has 0 aliphatic heterocycles. The standard InChI is InChI=1S/C24H30N4O6/c1-4-17-6-9-19(10-7-17)27-22(29)16-34-20-11-8-18(14-21(20)33-3)15-26-28-24(31)23(30)25-12-5-13-32-2/h6-11,14-15H,4-5,12-13,16H2,1-3H3,(H,25,30)(H,27,29)(H,28,31). The van der Waals surface area contributed by atoms with Crippen LogP contribution in [0, 0.1) is 0 Å². The van der Waals surface area contributed by atoms with E-state index < -0.39 is 11.8 Å². The number of nitrogens with one attached hydrogen (secondary N) is 3. The summed E-state index contributed by atoms with van der Waals surface area (Å²) in [5.74, 6) is -1.22.